The van der Waals surface area contributed by atoms with Crippen LogP contribution in [0.2, 0.25) is 0 Å². The molecule has 134 valence electrons. The highest BCUT2D eigenvalue weighted by molar-refractivity contribution is 9.10. The van der Waals surface area contributed by atoms with Gasteiger partial charge in [0.1, 0.15) is 5.75 Å². The van der Waals surface area contributed by atoms with Crippen molar-refractivity contribution in [3.05, 3.63) is 69.2 Å². The van der Waals surface area contributed by atoms with Crippen LogP contribution in [0, 0.1) is 6.92 Å². The number of amides is 2. The van der Waals surface area contributed by atoms with E-state index >= 15 is 0 Å². The van der Waals surface area contributed by atoms with E-state index in [9.17, 15) is 14.7 Å². The molecule has 26 heavy (non-hydrogen) atoms. The van der Waals surface area contributed by atoms with E-state index in [1.54, 1.807) is 43.3 Å². The van der Waals surface area contributed by atoms with E-state index in [2.05, 4.69) is 26.5 Å². The first-order chi connectivity index (χ1) is 12.4. The van der Waals surface area contributed by atoms with Gasteiger partial charge in [0.15, 0.2) is 0 Å². The topological polar surface area (TPSA) is 111 Å². The van der Waals surface area contributed by atoms with Crippen molar-refractivity contribution in [2.24, 2.45) is 5.10 Å². The molecule has 0 atom stereocenters. The maximum Gasteiger partial charge on any atom is 0.271 e. The summed E-state index contributed by atoms with van der Waals surface area (Å²) in [4.78, 5) is 23.1. The van der Waals surface area contributed by atoms with Crippen molar-refractivity contribution in [2.75, 3.05) is 0 Å². The first-order valence-corrected chi connectivity index (χ1v) is 8.24. The Morgan fingerprint density at radius 2 is 2.00 bits per heavy atom. The molecule has 0 aromatic heterocycles. The number of carbonyl (C=O) groups excluding carboxylic acids is 2. The second kappa shape index (κ2) is 8.93. The van der Waals surface area contributed by atoms with Crippen molar-refractivity contribution < 1.29 is 19.9 Å². The third-order valence-electron chi connectivity index (χ3n) is 3.35. The first-order valence-electron chi connectivity index (χ1n) is 7.45. The number of hydrazone groups is 1. The van der Waals surface area contributed by atoms with Crippen LogP contribution in [0.3, 0.4) is 0 Å². The van der Waals surface area contributed by atoms with Gasteiger partial charge in [0, 0.05) is 21.7 Å². The van der Waals surface area contributed by atoms with E-state index in [4.69, 9.17) is 5.21 Å². The van der Waals surface area contributed by atoms with Gasteiger partial charge in [0.25, 0.3) is 11.8 Å². The minimum atomic E-state index is -0.673. The monoisotopic (exact) mass is 417 g/mol. The summed E-state index contributed by atoms with van der Waals surface area (Å²) in [7, 11) is 0. The van der Waals surface area contributed by atoms with Crippen LogP contribution in [-0.2, 0) is 4.79 Å². The summed E-state index contributed by atoms with van der Waals surface area (Å²) < 4.78 is 0.784. The predicted octanol–water partition coefficient (Wildman–Crippen LogP) is 2.75. The molecule has 4 N–H and O–H groups in total. The largest absolute Gasteiger partial charge is 0.507 e. The number of aromatic hydroxyl groups is 1. The Morgan fingerprint density at radius 3 is 2.73 bits per heavy atom. The van der Waals surface area contributed by atoms with Gasteiger partial charge in [-0.3, -0.25) is 14.8 Å². The van der Waals surface area contributed by atoms with Crippen LogP contribution in [0.1, 0.15) is 27.0 Å². The number of nitrogens with one attached hydrogen (secondary N) is 2. The molecule has 0 fully saturated rings. The maximum absolute atomic E-state index is 12.2. The van der Waals surface area contributed by atoms with Gasteiger partial charge >= 0.3 is 0 Å². The van der Waals surface area contributed by atoms with Gasteiger partial charge in [-0.25, -0.2) is 10.9 Å². The molecule has 2 aromatic carbocycles. The van der Waals surface area contributed by atoms with Crippen LogP contribution in [0.25, 0.3) is 6.08 Å². The lowest BCUT2D eigenvalue weighted by atomic mass is 10.1. The van der Waals surface area contributed by atoms with Gasteiger partial charge in [-0.1, -0.05) is 28.1 Å². The second-order valence-corrected chi connectivity index (χ2v) is 6.21. The van der Waals surface area contributed by atoms with Crippen LogP contribution >= 0.6 is 15.9 Å². The van der Waals surface area contributed by atoms with Gasteiger partial charge in [0.05, 0.1) is 6.21 Å². The fraction of sp³-hybridized carbons (Fsp3) is 0.0556. The molecule has 0 bridgehead atoms. The second-order valence-electron chi connectivity index (χ2n) is 5.29. The van der Waals surface area contributed by atoms with E-state index in [1.807, 2.05) is 0 Å². The molecule has 0 aliphatic heterocycles. The lowest BCUT2D eigenvalue weighted by Gasteiger charge is -2.04. The van der Waals surface area contributed by atoms with Gasteiger partial charge < -0.3 is 5.11 Å². The number of benzene rings is 2. The van der Waals surface area contributed by atoms with Crippen LogP contribution < -0.4 is 10.9 Å². The standard InChI is InChI=1S/C18H16BrN3O4/c1-11-7-15(19)9-14(17(11)24)10-20-21-18(25)13-4-2-3-12(8-13)5-6-16(23)22-26/h2-10,24,26H,1H3,(H,21,25)(H,22,23)/b6-5+,20-10+. The van der Waals surface area contributed by atoms with E-state index in [0.717, 1.165) is 10.5 Å². The summed E-state index contributed by atoms with van der Waals surface area (Å²) in [6.07, 6.45) is 3.93. The Hall–Kier alpha value is -2.97. The van der Waals surface area contributed by atoms with E-state index in [0.29, 0.717) is 22.3 Å². The van der Waals surface area contributed by atoms with E-state index in [-0.39, 0.29) is 5.75 Å². The fourth-order valence-electron chi connectivity index (χ4n) is 2.08. The molecule has 2 amide bonds. The number of aryl methyl sites for hydroxylation is 1. The Balaban J connectivity index is 2.09. The van der Waals surface area contributed by atoms with Crippen molar-refractivity contribution >= 4 is 40.0 Å². The summed E-state index contributed by atoms with van der Waals surface area (Å²) in [5, 5.41) is 22.3. The third kappa shape index (κ3) is 5.27. The average Bonchev–Trinajstić information content (AvgIpc) is 2.63. The zero-order valence-corrected chi connectivity index (χ0v) is 15.3. The zero-order chi connectivity index (χ0) is 19.1. The molecule has 0 spiro atoms. The molecule has 0 saturated heterocycles. The quantitative estimate of drug-likeness (QED) is 0.259. The van der Waals surface area contributed by atoms with E-state index in [1.165, 1.54) is 17.8 Å². The first kappa shape index (κ1) is 19.4. The number of phenolic OH excluding ortho intramolecular Hbond substituents is 1. The van der Waals surface area contributed by atoms with Gasteiger partial charge in [-0.05, 0) is 48.4 Å². The molecular formula is C18H16BrN3O4. The van der Waals surface area contributed by atoms with E-state index < -0.39 is 11.8 Å². The number of phenols is 1. The molecule has 2 rings (SSSR count). The van der Waals surface area contributed by atoms with Gasteiger partial charge in [-0.15, -0.1) is 0 Å². The van der Waals surface area contributed by atoms with Crippen molar-refractivity contribution in [2.45, 2.75) is 6.92 Å². The number of hydroxylamine groups is 1. The lowest BCUT2D eigenvalue weighted by Crippen LogP contribution is -2.17. The molecule has 7 nitrogen and oxygen atoms in total. The molecule has 2 aromatic rings. The number of carbonyl (C=O) groups is 2. The molecule has 0 heterocycles. The molecule has 0 saturated carbocycles. The highest BCUT2D eigenvalue weighted by atomic mass is 79.9. The number of nitrogens with zero attached hydrogens (tertiary/aromatic N) is 1. The highest BCUT2D eigenvalue weighted by Crippen LogP contribution is 2.25. The summed E-state index contributed by atoms with van der Waals surface area (Å²) in [5.41, 5.74) is 5.94. The third-order valence-corrected chi connectivity index (χ3v) is 3.81. The van der Waals surface area contributed by atoms with Crippen LogP contribution in [0.5, 0.6) is 5.75 Å². The highest BCUT2D eigenvalue weighted by Gasteiger charge is 2.06. The molecule has 0 radical (unpaired) electrons. The Bertz CT molecular complexity index is 894. The van der Waals surface area contributed by atoms with Gasteiger partial charge in [0.2, 0.25) is 0 Å². The van der Waals surface area contributed by atoms with Crippen molar-refractivity contribution in [3.63, 3.8) is 0 Å². The van der Waals surface area contributed by atoms with Crippen LogP contribution in [0.15, 0.2) is 52.0 Å². The van der Waals surface area contributed by atoms with Gasteiger partial charge in [-0.2, -0.15) is 5.10 Å². The number of hydrogen-bond donors (Lipinski definition) is 4. The molecule has 0 aliphatic carbocycles. The number of rotatable bonds is 5. The SMILES string of the molecule is Cc1cc(Br)cc(/C=N/NC(=O)c2cccc(/C=C/C(=O)NO)c2)c1O. The minimum absolute atomic E-state index is 0.0838. The number of halogens is 1. The summed E-state index contributed by atoms with van der Waals surface area (Å²) in [6.45, 7) is 1.76. The van der Waals surface area contributed by atoms with Crippen LogP contribution in [0.4, 0.5) is 0 Å². The molecular weight excluding hydrogens is 402 g/mol. The summed E-state index contributed by atoms with van der Waals surface area (Å²) >= 11 is 3.33. The predicted molar refractivity (Wildman–Crippen MR) is 101 cm³/mol. The van der Waals surface area contributed by atoms with Crippen LogP contribution in [-0.4, -0.2) is 28.3 Å². The molecule has 0 unspecified atom stereocenters. The Labute approximate surface area is 158 Å². The van der Waals surface area contributed by atoms with Crippen molar-refractivity contribution in [3.8, 4) is 5.75 Å². The van der Waals surface area contributed by atoms with Crippen molar-refractivity contribution in [1.82, 2.24) is 10.9 Å². The summed E-state index contributed by atoms with van der Waals surface area (Å²) in [5.74, 6) is -1.04. The minimum Gasteiger partial charge on any atom is -0.507 e. The fourth-order valence-corrected chi connectivity index (χ4v) is 2.67. The maximum atomic E-state index is 12.2. The molecule has 0 aliphatic rings. The Kier molecular flexibility index (Phi) is 6.65. The average molecular weight is 418 g/mol. The summed E-state index contributed by atoms with van der Waals surface area (Å²) in [6, 6.07) is 9.95. The zero-order valence-electron chi connectivity index (χ0n) is 13.7. The van der Waals surface area contributed by atoms with Crippen molar-refractivity contribution in [1.29, 1.82) is 0 Å². The normalized spacial score (nSPS) is 11.0. The lowest BCUT2D eigenvalue weighted by molar-refractivity contribution is -0.124. The smallest absolute Gasteiger partial charge is 0.271 e. The number of hydrogen-bond acceptors (Lipinski definition) is 5. The Morgan fingerprint density at radius 1 is 1.23 bits per heavy atom. The molecule has 8 heteroatoms.